The van der Waals surface area contributed by atoms with Crippen molar-refractivity contribution in [2.75, 3.05) is 13.2 Å². The first-order chi connectivity index (χ1) is 21.0. The van der Waals surface area contributed by atoms with Crippen LogP contribution >= 0.6 is 0 Å². The number of phenols is 1. The van der Waals surface area contributed by atoms with Gasteiger partial charge in [-0.05, 0) is 49.1 Å². The molecule has 2 fully saturated rings. The van der Waals surface area contributed by atoms with Gasteiger partial charge in [0, 0.05) is 35.9 Å². The third kappa shape index (κ3) is 4.89. The fraction of sp³-hybridized carbons (Fsp3) is 0.444. The Morgan fingerprint density at radius 3 is 2.45 bits per heavy atom. The quantitative estimate of drug-likeness (QED) is 0.153. The number of nitrogens with one attached hydrogen (secondary N) is 1. The number of benzene rings is 3. The third-order valence-corrected chi connectivity index (χ3v) is 9.28. The van der Waals surface area contributed by atoms with Gasteiger partial charge in [0.1, 0.15) is 11.6 Å². The third-order valence-electron chi connectivity index (χ3n) is 9.28. The molecule has 4 aromatic rings. The summed E-state index contributed by atoms with van der Waals surface area (Å²) in [6, 6.07) is 23.7. The molecule has 2 aliphatic heterocycles. The number of rotatable bonds is 10. The minimum atomic E-state index is -1.12. The van der Waals surface area contributed by atoms with Crippen molar-refractivity contribution in [3.05, 3.63) is 83.9 Å². The minimum Gasteiger partial charge on any atom is -0.507 e. The second-order valence-electron chi connectivity index (χ2n) is 13.7. The van der Waals surface area contributed by atoms with Crippen LogP contribution in [-0.2, 0) is 38.1 Å². The lowest BCUT2D eigenvalue weighted by molar-refractivity contribution is -0.626. The first kappa shape index (κ1) is 30.3. The summed E-state index contributed by atoms with van der Waals surface area (Å²) in [4.78, 5) is 29.1. The number of carbonyl (C=O) groups excluding carboxylic acids is 1. The molecule has 0 aliphatic carbocycles. The molecule has 3 heterocycles. The maximum atomic E-state index is 12.5. The number of para-hydroxylation sites is 2. The normalized spacial score (nSPS) is 22.5. The van der Waals surface area contributed by atoms with Crippen LogP contribution in [0.1, 0.15) is 65.0 Å². The fourth-order valence-electron chi connectivity index (χ4n) is 7.30. The Bertz CT molecular complexity index is 1660. The Kier molecular flexibility index (Phi) is 7.80. The molecule has 1 aromatic heterocycles. The van der Waals surface area contributed by atoms with E-state index in [1.807, 2.05) is 54.6 Å². The second kappa shape index (κ2) is 11.3. The van der Waals surface area contributed by atoms with Gasteiger partial charge in [0.15, 0.2) is 5.60 Å². The van der Waals surface area contributed by atoms with E-state index in [-0.39, 0.29) is 22.5 Å². The van der Waals surface area contributed by atoms with E-state index in [2.05, 4.69) is 56.6 Å². The number of hydrogen-bond acceptors (Lipinski definition) is 6. The van der Waals surface area contributed by atoms with Crippen molar-refractivity contribution in [2.45, 2.75) is 78.2 Å². The molecular formula is C36H43N3O5. The van der Waals surface area contributed by atoms with Crippen LogP contribution in [0.5, 0.6) is 5.75 Å². The van der Waals surface area contributed by atoms with Gasteiger partial charge in [-0.15, -0.1) is 0 Å². The summed E-state index contributed by atoms with van der Waals surface area (Å²) < 4.78 is 8.50. The zero-order chi connectivity index (χ0) is 31.2. The Hall–Kier alpha value is -3.72. The Morgan fingerprint density at radius 2 is 1.75 bits per heavy atom. The average molecular weight is 598 g/mol. The van der Waals surface area contributed by atoms with E-state index in [0.717, 1.165) is 30.3 Å². The highest BCUT2D eigenvalue weighted by Crippen LogP contribution is 2.69. The predicted molar refractivity (Wildman–Crippen MR) is 170 cm³/mol. The van der Waals surface area contributed by atoms with Crippen molar-refractivity contribution in [1.82, 2.24) is 14.9 Å². The van der Waals surface area contributed by atoms with E-state index in [4.69, 9.17) is 19.5 Å². The number of aromatic hydroxyl groups is 1. The molecule has 6 rings (SSSR count). The number of unbranched alkanes of at least 4 members (excludes halogenated alkanes) is 1. The number of fused-ring (bicyclic) bond motifs is 2. The minimum absolute atomic E-state index is 0.0649. The monoisotopic (exact) mass is 597 g/mol. The van der Waals surface area contributed by atoms with E-state index in [9.17, 15) is 9.90 Å². The average Bonchev–Trinajstić information content (AvgIpc) is 3.40. The number of nitrogens with zero attached hydrogens (tertiary/aromatic N) is 2. The standard InChI is InChI=1S/C36H43N3O5/c1-33(2,3)36-34(4,5)24-42-35(36,43-44-36)26-18-19-27(30(40)23-26)32-38-28-15-9-10-16-29(28)39(32)22-12-11-17-31(41)37-21-20-25-13-7-6-8-14-25/h6-10,13-16,18-19,23,40H,11-12,17,20-22,24H2,1-5H3,(H,37,41). The maximum Gasteiger partial charge on any atom is 0.261 e. The van der Waals surface area contributed by atoms with E-state index in [1.165, 1.54) is 5.56 Å². The molecule has 0 saturated carbocycles. The highest BCUT2D eigenvalue weighted by Gasteiger charge is 2.81. The van der Waals surface area contributed by atoms with Crippen molar-refractivity contribution < 1.29 is 24.4 Å². The molecule has 8 heteroatoms. The van der Waals surface area contributed by atoms with Crippen LogP contribution in [0.2, 0.25) is 0 Å². The highest BCUT2D eigenvalue weighted by atomic mass is 17.3. The van der Waals surface area contributed by atoms with E-state index < -0.39 is 11.4 Å². The number of imidazole rings is 1. The number of amides is 1. The molecule has 2 N–H and O–H groups in total. The zero-order valence-electron chi connectivity index (χ0n) is 26.4. The molecule has 0 bridgehead atoms. The fourth-order valence-corrected chi connectivity index (χ4v) is 7.30. The van der Waals surface area contributed by atoms with Crippen LogP contribution in [-0.4, -0.2) is 39.3 Å². The first-order valence-electron chi connectivity index (χ1n) is 15.6. The first-order valence-corrected chi connectivity index (χ1v) is 15.6. The molecule has 1 amide bonds. The van der Waals surface area contributed by atoms with Crippen LogP contribution < -0.4 is 5.32 Å². The van der Waals surface area contributed by atoms with Gasteiger partial charge in [0.25, 0.3) is 5.79 Å². The molecule has 3 aromatic carbocycles. The van der Waals surface area contributed by atoms with Gasteiger partial charge in [-0.2, -0.15) is 4.89 Å². The van der Waals surface area contributed by atoms with Gasteiger partial charge in [-0.3, -0.25) is 4.79 Å². The van der Waals surface area contributed by atoms with Crippen molar-refractivity contribution >= 4 is 16.9 Å². The van der Waals surface area contributed by atoms with E-state index in [0.29, 0.717) is 43.1 Å². The topological polar surface area (TPSA) is 94.8 Å². The van der Waals surface area contributed by atoms with Gasteiger partial charge < -0.3 is 19.7 Å². The number of carbonyl (C=O) groups is 1. The largest absolute Gasteiger partial charge is 0.507 e. The van der Waals surface area contributed by atoms with Crippen LogP contribution in [0.25, 0.3) is 22.4 Å². The Labute approximate surface area is 259 Å². The molecule has 2 aliphatic rings. The summed E-state index contributed by atoms with van der Waals surface area (Å²) >= 11 is 0. The lowest BCUT2D eigenvalue weighted by Crippen LogP contribution is -2.73. The number of ether oxygens (including phenoxy) is 1. The molecule has 2 saturated heterocycles. The number of aryl methyl sites for hydroxylation is 1. The summed E-state index contributed by atoms with van der Waals surface area (Å²) in [5.74, 6) is -0.277. The predicted octanol–water partition coefficient (Wildman–Crippen LogP) is 6.89. The SMILES string of the molecule is CC(C)(C)C12OOC1(c1ccc(-c3nc4ccccc4n3CCCCC(=O)NCCc3ccccc3)c(O)c1)OCC2(C)C. The molecule has 0 spiro atoms. The highest BCUT2D eigenvalue weighted by molar-refractivity contribution is 5.82. The van der Waals surface area contributed by atoms with Crippen molar-refractivity contribution in [2.24, 2.45) is 10.8 Å². The van der Waals surface area contributed by atoms with Gasteiger partial charge in [-0.1, -0.05) is 83.1 Å². The molecule has 44 heavy (non-hydrogen) atoms. The van der Waals surface area contributed by atoms with Crippen LogP contribution in [0.4, 0.5) is 0 Å². The molecule has 0 radical (unpaired) electrons. The summed E-state index contributed by atoms with van der Waals surface area (Å²) in [6.07, 6.45) is 2.83. The summed E-state index contributed by atoms with van der Waals surface area (Å²) in [5, 5.41) is 14.5. The van der Waals surface area contributed by atoms with E-state index in [1.54, 1.807) is 6.07 Å². The summed E-state index contributed by atoms with van der Waals surface area (Å²) in [7, 11) is 0. The summed E-state index contributed by atoms with van der Waals surface area (Å²) in [6.45, 7) is 12.4. The lowest BCUT2D eigenvalue weighted by atomic mass is 9.57. The van der Waals surface area contributed by atoms with Gasteiger partial charge in [-0.25, -0.2) is 9.87 Å². The zero-order valence-corrected chi connectivity index (χ0v) is 26.4. The molecule has 2 unspecified atom stereocenters. The van der Waals surface area contributed by atoms with Crippen LogP contribution in [0.15, 0.2) is 72.8 Å². The number of hydrogen-bond donors (Lipinski definition) is 2. The Morgan fingerprint density at radius 1 is 1.00 bits per heavy atom. The van der Waals surface area contributed by atoms with Crippen LogP contribution in [0.3, 0.4) is 0 Å². The van der Waals surface area contributed by atoms with Gasteiger partial charge >= 0.3 is 0 Å². The number of aromatic nitrogens is 2. The van der Waals surface area contributed by atoms with Gasteiger partial charge in [0.2, 0.25) is 5.91 Å². The second-order valence-corrected chi connectivity index (χ2v) is 13.7. The molecule has 232 valence electrons. The molecule has 2 atom stereocenters. The van der Waals surface area contributed by atoms with Crippen molar-refractivity contribution in [3.8, 4) is 17.1 Å². The molecule has 8 nitrogen and oxygen atoms in total. The van der Waals surface area contributed by atoms with Gasteiger partial charge in [0.05, 0.1) is 23.2 Å². The molecular weight excluding hydrogens is 554 g/mol. The summed E-state index contributed by atoms with van der Waals surface area (Å²) in [5.41, 5.74) is 3.04. The van der Waals surface area contributed by atoms with E-state index >= 15 is 0 Å². The Balaban J connectivity index is 1.18. The van der Waals surface area contributed by atoms with Crippen LogP contribution in [0, 0.1) is 10.8 Å². The lowest BCUT2D eigenvalue weighted by Gasteiger charge is -2.61. The van der Waals surface area contributed by atoms with Crippen molar-refractivity contribution in [1.29, 1.82) is 0 Å². The maximum absolute atomic E-state index is 12.5. The smallest absolute Gasteiger partial charge is 0.261 e. The number of phenolic OH excluding ortho intramolecular Hbond substituents is 1. The van der Waals surface area contributed by atoms with Crippen molar-refractivity contribution in [3.63, 3.8) is 0 Å².